The van der Waals surface area contributed by atoms with E-state index >= 15 is 0 Å². The summed E-state index contributed by atoms with van der Waals surface area (Å²) in [5, 5.41) is 22.0. The SMILES string of the molecule is C[C@]12CC[C@@H](O)C[C@@H]1CC[C@@H]1[C@H]3CC[C@@](O)(C=Cc4ccccc4)[C@@]3(C)CC[C@@H]12. The van der Waals surface area contributed by atoms with Crippen LogP contribution >= 0.6 is 0 Å². The Morgan fingerprint density at radius 3 is 2.45 bits per heavy atom. The van der Waals surface area contributed by atoms with E-state index in [1.807, 2.05) is 6.07 Å². The summed E-state index contributed by atoms with van der Waals surface area (Å²) in [6.45, 7) is 4.93. The lowest BCUT2D eigenvalue weighted by Crippen LogP contribution is -2.56. The molecule has 158 valence electrons. The van der Waals surface area contributed by atoms with Crippen LogP contribution in [0.1, 0.15) is 77.2 Å². The number of rotatable bonds is 2. The van der Waals surface area contributed by atoms with Gasteiger partial charge in [-0.1, -0.05) is 56.3 Å². The van der Waals surface area contributed by atoms with E-state index in [9.17, 15) is 10.2 Å². The average molecular weight is 395 g/mol. The molecule has 4 saturated carbocycles. The molecule has 2 nitrogen and oxygen atoms in total. The lowest BCUT2D eigenvalue weighted by Gasteiger charge is -2.61. The summed E-state index contributed by atoms with van der Waals surface area (Å²) < 4.78 is 0. The molecule has 5 rings (SSSR count). The van der Waals surface area contributed by atoms with E-state index in [1.54, 1.807) is 0 Å². The quantitative estimate of drug-likeness (QED) is 0.662. The normalized spacial score (nSPS) is 49.4. The number of fused-ring (bicyclic) bond motifs is 5. The Labute approximate surface area is 176 Å². The van der Waals surface area contributed by atoms with E-state index in [2.05, 4.69) is 50.3 Å². The minimum Gasteiger partial charge on any atom is -0.393 e. The Bertz CT molecular complexity index is 772. The predicted molar refractivity (Wildman–Crippen MR) is 118 cm³/mol. The van der Waals surface area contributed by atoms with Crippen LogP contribution in [-0.2, 0) is 0 Å². The van der Waals surface area contributed by atoms with Crippen LogP contribution in [0.2, 0.25) is 0 Å². The highest BCUT2D eigenvalue weighted by Crippen LogP contribution is 2.68. The monoisotopic (exact) mass is 394 g/mol. The van der Waals surface area contributed by atoms with Gasteiger partial charge in [-0.2, -0.15) is 0 Å². The number of aliphatic hydroxyl groups is 2. The van der Waals surface area contributed by atoms with Crippen LogP contribution in [-0.4, -0.2) is 21.9 Å². The van der Waals surface area contributed by atoms with Gasteiger partial charge in [-0.05, 0) is 92.4 Å². The van der Waals surface area contributed by atoms with E-state index in [4.69, 9.17) is 0 Å². The Balaban J connectivity index is 1.40. The molecule has 0 amide bonds. The summed E-state index contributed by atoms with van der Waals surface area (Å²) in [6.07, 6.45) is 14.4. The van der Waals surface area contributed by atoms with Crippen LogP contribution in [0.4, 0.5) is 0 Å². The molecule has 0 heterocycles. The summed E-state index contributed by atoms with van der Waals surface area (Å²) in [7, 11) is 0. The largest absolute Gasteiger partial charge is 0.393 e. The van der Waals surface area contributed by atoms with E-state index in [-0.39, 0.29) is 11.5 Å². The summed E-state index contributed by atoms with van der Waals surface area (Å²) in [5.74, 6) is 2.88. The van der Waals surface area contributed by atoms with Gasteiger partial charge < -0.3 is 10.2 Å². The topological polar surface area (TPSA) is 40.5 Å². The minimum absolute atomic E-state index is 0.00315. The van der Waals surface area contributed by atoms with E-state index < -0.39 is 5.60 Å². The molecular formula is C27H38O2. The Kier molecular flexibility index (Phi) is 4.75. The van der Waals surface area contributed by atoms with Crippen molar-refractivity contribution in [1.29, 1.82) is 0 Å². The third-order valence-corrected chi connectivity index (χ3v) is 10.2. The molecule has 0 bridgehead atoms. The van der Waals surface area contributed by atoms with Crippen molar-refractivity contribution in [2.45, 2.75) is 83.3 Å². The lowest BCUT2D eigenvalue weighted by atomic mass is 9.44. The lowest BCUT2D eigenvalue weighted by molar-refractivity contribution is -0.146. The van der Waals surface area contributed by atoms with Crippen LogP contribution in [0.3, 0.4) is 0 Å². The molecule has 0 saturated heterocycles. The molecule has 0 aliphatic heterocycles. The first kappa shape index (κ1) is 19.8. The second-order valence-electron chi connectivity index (χ2n) is 11.2. The summed E-state index contributed by atoms with van der Waals surface area (Å²) in [5.41, 5.74) is 0.898. The standard InChI is InChI=1S/C27H38O2/c1-25-14-11-21(28)18-20(25)8-9-22-23(25)12-15-26(2)24(22)13-17-27(26,29)16-10-19-6-4-3-5-7-19/h3-7,10,16,20-24,28-29H,8-9,11-15,17-18H2,1-2H3/t20-,21+,22-,23-,24+,25-,26-,27-/m0/s1. The van der Waals surface area contributed by atoms with Gasteiger partial charge in [0.2, 0.25) is 0 Å². The highest BCUT2D eigenvalue weighted by molar-refractivity contribution is 5.51. The zero-order valence-electron chi connectivity index (χ0n) is 18.2. The molecule has 1 aromatic rings. The van der Waals surface area contributed by atoms with Gasteiger partial charge in [-0.3, -0.25) is 0 Å². The van der Waals surface area contributed by atoms with Gasteiger partial charge in [-0.15, -0.1) is 0 Å². The van der Waals surface area contributed by atoms with Gasteiger partial charge in [-0.25, -0.2) is 0 Å². The first-order valence-electron chi connectivity index (χ1n) is 12.0. The second-order valence-corrected chi connectivity index (χ2v) is 11.2. The molecule has 0 radical (unpaired) electrons. The van der Waals surface area contributed by atoms with Crippen molar-refractivity contribution in [1.82, 2.24) is 0 Å². The van der Waals surface area contributed by atoms with Crippen LogP contribution in [0.15, 0.2) is 36.4 Å². The smallest absolute Gasteiger partial charge is 0.0887 e. The van der Waals surface area contributed by atoms with Crippen molar-refractivity contribution in [2.75, 3.05) is 0 Å². The summed E-state index contributed by atoms with van der Waals surface area (Å²) in [6, 6.07) is 10.4. The van der Waals surface area contributed by atoms with Gasteiger partial charge in [0, 0.05) is 5.41 Å². The highest BCUT2D eigenvalue weighted by atomic mass is 16.3. The molecule has 0 unspecified atom stereocenters. The van der Waals surface area contributed by atoms with Crippen molar-refractivity contribution in [3.05, 3.63) is 42.0 Å². The van der Waals surface area contributed by atoms with E-state index in [0.29, 0.717) is 17.3 Å². The van der Waals surface area contributed by atoms with Gasteiger partial charge in [0.1, 0.15) is 0 Å². The summed E-state index contributed by atoms with van der Waals surface area (Å²) in [4.78, 5) is 0. The van der Waals surface area contributed by atoms with Crippen molar-refractivity contribution in [3.63, 3.8) is 0 Å². The summed E-state index contributed by atoms with van der Waals surface area (Å²) >= 11 is 0. The van der Waals surface area contributed by atoms with Crippen LogP contribution < -0.4 is 0 Å². The van der Waals surface area contributed by atoms with Gasteiger partial charge in [0.05, 0.1) is 11.7 Å². The zero-order chi connectivity index (χ0) is 20.3. The molecule has 0 spiro atoms. The van der Waals surface area contributed by atoms with E-state index in [1.165, 1.54) is 31.2 Å². The second kappa shape index (κ2) is 6.95. The Morgan fingerprint density at radius 1 is 0.897 bits per heavy atom. The van der Waals surface area contributed by atoms with Crippen molar-refractivity contribution in [2.24, 2.45) is 34.5 Å². The van der Waals surface area contributed by atoms with Crippen molar-refractivity contribution >= 4 is 6.08 Å². The highest BCUT2D eigenvalue weighted by Gasteiger charge is 2.63. The fraction of sp³-hybridized carbons (Fsp3) is 0.704. The zero-order valence-corrected chi connectivity index (χ0v) is 18.2. The first-order valence-corrected chi connectivity index (χ1v) is 12.0. The molecule has 4 fully saturated rings. The number of hydrogen-bond acceptors (Lipinski definition) is 2. The van der Waals surface area contributed by atoms with Crippen LogP contribution in [0.5, 0.6) is 0 Å². The molecule has 0 aromatic heterocycles. The molecule has 2 heteroatoms. The minimum atomic E-state index is -0.682. The van der Waals surface area contributed by atoms with Gasteiger partial charge >= 0.3 is 0 Å². The maximum atomic E-state index is 11.8. The fourth-order valence-corrected chi connectivity index (χ4v) is 8.36. The number of benzene rings is 1. The van der Waals surface area contributed by atoms with Gasteiger partial charge in [0.25, 0.3) is 0 Å². The first-order chi connectivity index (χ1) is 13.9. The molecule has 8 atom stereocenters. The molecule has 2 N–H and O–H groups in total. The molecule has 4 aliphatic carbocycles. The third kappa shape index (κ3) is 2.97. The van der Waals surface area contributed by atoms with Gasteiger partial charge in [0.15, 0.2) is 0 Å². The predicted octanol–water partition coefficient (Wildman–Crippen LogP) is 5.83. The van der Waals surface area contributed by atoms with Crippen molar-refractivity contribution < 1.29 is 10.2 Å². The molecule has 1 aromatic carbocycles. The van der Waals surface area contributed by atoms with Crippen LogP contribution in [0.25, 0.3) is 6.08 Å². The molecule has 29 heavy (non-hydrogen) atoms. The Morgan fingerprint density at radius 2 is 1.66 bits per heavy atom. The Hall–Kier alpha value is -1.12. The van der Waals surface area contributed by atoms with E-state index in [0.717, 1.165) is 43.9 Å². The maximum Gasteiger partial charge on any atom is 0.0887 e. The molecular weight excluding hydrogens is 356 g/mol. The molecule has 4 aliphatic rings. The maximum absolute atomic E-state index is 11.8. The fourth-order valence-electron chi connectivity index (χ4n) is 8.36. The van der Waals surface area contributed by atoms with Crippen molar-refractivity contribution in [3.8, 4) is 0 Å². The van der Waals surface area contributed by atoms with Crippen LogP contribution in [0, 0.1) is 34.5 Å². The number of aliphatic hydroxyl groups excluding tert-OH is 1. The number of hydrogen-bond donors (Lipinski definition) is 2. The third-order valence-electron chi connectivity index (χ3n) is 10.2. The average Bonchev–Trinajstić information content (AvgIpc) is 2.99.